The molecule has 1 aromatic heterocycles. The van der Waals surface area contributed by atoms with Crippen LogP contribution in [0.2, 0.25) is 0 Å². The predicted octanol–water partition coefficient (Wildman–Crippen LogP) is 2.97. The summed E-state index contributed by atoms with van der Waals surface area (Å²) >= 11 is 1.86. The van der Waals surface area contributed by atoms with E-state index >= 15 is 0 Å². The molecule has 3 nitrogen and oxygen atoms in total. The van der Waals surface area contributed by atoms with E-state index in [4.69, 9.17) is 4.74 Å². The number of nitrogens with zero attached hydrogens (tertiary/aromatic N) is 1. The van der Waals surface area contributed by atoms with Crippen molar-refractivity contribution in [3.05, 3.63) is 22.4 Å². The summed E-state index contributed by atoms with van der Waals surface area (Å²) < 4.78 is 5.46. The predicted molar refractivity (Wildman–Crippen MR) is 86.3 cm³/mol. The summed E-state index contributed by atoms with van der Waals surface area (Å²) in [5.74, 6) is 0.699. The van der Waals surface area contributed by atoms with Crippen molar-refractivity contribution in [1.29, 1.82) is 0 Å². The molecule has 1 aromatic rings. The van der Waals surface area contributed by atoms with E-state index in [2.05, 4.69) is 41.6 Å². The van der Waals surface area contributed by atoms with Crippen LogP contribution in [0.1, 0.15) is 31.6 Å². The van der Waals surface area contributed by atoms with E-state index < -0.39 is 0 Å². The fourth-order valence-corrected chi connectivity index (χ4v) is 3.26. The SMILES string of the molecule is COCC(CNCC(C)C)N(Cc1cccs1)C1CC1. The van der Waals surface area contributed by atoms with Crippen LogP contribution >= 0.6 is 11.3 Å². The van der Waals surface area contributed by atoms with Gasteiger partial charge in [0.05, 0.1) is 6.61 Å². The van der Waals surface area contributed by atoms with Crippen LogP contribution < -0.4 is 5.32 Å². The maximum Gasteiger partial charge on any atom is 0.0630 e. The Kier molecular flexibility index (Phi) is 6.49. The van der Waals surface area contributed by atoms with E-state index in [1.807, 2.05) is 18.4 Å². The van der Waals surface area contributed by atoms with Gasteiger partial charge in [0, 0.05) is 37.2 Å². The van der Waals surface area contributed by atoms with Gasteiger partial charge in [-0.3, -0.25) is 4.90 Å². The van der Waals surface area contributed by atoms with Crippen molar-refractivity contribution in [2.24, 2.45) is 5.92 Å². The van der Waals surface area contributed by atoms with Gasteiger partial charge in [0.15, 0.2) is 0 Å². The van der Waals surface area contributed by atoms with Crippen molar-refractivity contribution >= 4 is 11.3 Å². The highest BCUT2D eigenvalue weighted by Gasteiger charge is 2.33. The Morgan fingerprint density at radius 3 is 2.75 bits per heavy atom. The zero-order chi connectivity index (χ0) is 14.4. The molecule has 0 spiro atoms. The fraction of sp³-hybridized carbons (Fsp3) is 0.750. The molecule has 20 heavy (non-hydrogen) atoms. The molecule has 1 saturated carbocycles. The van der Waals surface area contributed by atoms with Crippen molar-refractivity contribution < 1.29 is 4.74 Å². The summed E-state index contributed by atoms with van der Waals surface area (Å²) in [6.45, 7) is 8.49. The second-order valence-corrected chi connectivity index (χ2v) is 7.18. The Balaban J connectivity index is 1.91. The Morgan fingerprint density at radius 1 is 1.40 bits per heavy atom. The van der Waals surface area contributed by atoms with Crippen LogP contribution in [-0.2, 0) is 11.3 Å². The summed E-state index contributed by atoms with van der Waals surface area (Å²) in [5.41, 5.74) is 0. The molecule has 1 unspecified atom stereocenters. The summed E-state index contributed by atoms with van der Waals surface area (Å²) in [6, 6.07) is 5.63. The lowest BCUT2D eigenvalue weighted by molar-refractivity contribution is 0.0791. The minimum Gasteiger partial charge on any atom is -0.383 e. The van der Waals surface area contributed by atoms with Crippen LogP contribution in [0.15, 0.2) is 17.5 Å². The fourth-order valence-electron chi connectivity index (χ4n) is 2.55. The van der Waals surface area contributed by atoms with Gasteiger partial charge < -0.3 is 10.1 Å². The van der Waals surface area contributed by atoms with Gasteiger partial charge in [0.25, 0.3) is 0 Å². The van der Waals surface area contributed by atoms with Gasteiger partial charge in [-0.2, -0.15) is 0 Å². The van der Waals surface area contributed by atoms with Crippen LogP contribution in [0.3, 0.4) is 0 Å². The summed E-state index contributed by atoms with van der Waals surface area (Å²) in [6.07, 6.45) is 2.69. The first-order valence-electron chi connectivity index (χ1n) is 7.68. The lowest BCUT2D eigenvalue weighted by Gasteiger charge is -2.31. The molecule has 1 fully saturated rings. The van der Waals surface area contributed by atoms with E-state index in [1.165, 1.54) is 17.7 Å². The molecular formula is C16H28N2OS. The smallest absolute Gasteiger partial charge is 0.0630 e. The molecule has 0 saturated heterocycles. The largest absolute Gasteiger partial charge is 0.383 e. The lowest BCUT2D eigenvalue weighted by atomic mass is 10.2. The van der Waals surface area contributed by atoms with Crippen molar-refractivity contribution in [3.63, 3.8) is 0 Å². The standard InChI is InChI=1S/C16H28N2OS/c1-13(2)9-17-10-15(12-19-3)18(14-6-7-14)11-16-5-4-8-20-16/h4-5,8,13-15,17H,6-7,9-12H2,1-3H3. The molecule has 0 radical (unpaired) electrons. The second kappa shape index (κ2) is 8.13. The number of thiophene rings is 1. The molecule has 0 bridgehead atoms. The Bertz CT molecular complexity index is 363. The lowest BCUT2D eigenvalue weighted by Crippen LogP contribution is -2.46. The third-order valence-electron chi connectivity index (χ3n) is 3.70. The molecule has 0 amide bonds. The molecule has 1 heterocycles. The zero-order valence-electron chi connectivity index (χ0n) is 13.0. The molecule has 1 atom stereocenters. The monoisotopic (exact) mass is 296 g/mol. The number of hydrogen-bond donors (Lipinski definition) is 1. The molecule has 1 N–H and O–H groups in total. The first-order chi connectivity index (χ1) is 9.70. The molecule has 0 aliphatic heterocycles. The third kappa shape index (κ3) is 5.17. The first-order valence-corrected chi connectivity index (χ1v) is 8.56. The van der Waals surface area contributed by atoms with Crippen LogP contribution in [-0.4, -0.2) is 43.8 Å². The van der Waals surface area contributed by atoms with Gasteiger partial charge in [-0.1, -0.05) is 19.9 Å². The van der Waals surface area contributed by atoms with E-state index in [0.29, 0.717) is 12.0 Å². The Labute approximate surface area is 127 Å². The van der Waals surface area contributed by atoms with Gasteiger partial charge in [-0.05, 0) is 36.8 Å². The average molecular weight is 296 g/mol. The zero-order valence-corrected chi connectivity index (χ0v) is 13.8. The van der Waals surface area contributed by atoms with E-state index in [-0.39, 0.29) is 0 Å². The summed E-state index contributed by atoms with van der Waals surface area (Å²) in [4.78, 5) is 4.10. The number of methoxy groups -OCH3 is 1. The molecule has 1 aliphatic carbocycles. The number of ether oxygens (including phenoxy) is 1. The highest BCUT2D eigenvalue weighted by molar-refractivity contribution is 7.09. The van der Waals surface area contributed by atoms with Crippen molar-refractivity contribution in [2.75, 3.05) is 26.8 Å². The van der Waals surface area contributed by atoms with Crippen molar-refractivity contribution in [3.8, 4) is 0 Å². The van der Waals surface area contributed by atoms with Crippen LogP contribution in [0.4, 0.5) is 0 Å². The van der Waals surface area contributed by atoms with Crippen molar-refractivity contribution in [2.45, 2.75) is 45.3 Å². The maximum atomic E-state index is 5.46. The highest BCUT2D eigenvalue weighted by Crippen LogP contribution is 2.31. The minimum absolute atomic E-state index is 0.480. The van der Waals surface area contributed by atoms with Crippen LogP contribution in [0, 0.1) is 5.92 Å². The average Bonchev–Trinajstić information content (AvgIpc) is 3.12. The van der Waals surface area contributed by atoms with E-state index in [0.717, 1.165) is 32.3 Å². The normalized spacial score (nSPS) is 17.1. The van der Waals surface area contributed by atoms with E-state index in [1.54, 1.807) is 0 Å². The minimum atomic E-state index is 0.480. The molecule has 4 heteroatoms. The molecular weight excluding hydrogens is 268 g/mol. The number of rotatable bonds is 10. The quantitative estimate of drug-likeness (QED) is 0.718. The van der Waals surface area contributed by atoms with E-state index in [9.17, 15) is 0 Å². The van der Waals surface area contributed by atoms with Crippen molar-refractivity contribution in [1.82, 2.24) is 10.2 Å². The Morgan fingerprint density at radius 2 is 2.20 bits per heavy atom. The number of hydrogen-bond acceptors (Lipinski definition) is 4. The van der Waals surface area contributed by atoms with Crippen LogP contribution in [0.25, 0.3) is 0 Å². The van der Waals surface area contributed by atoms with Gasteiger partial charge >= 0.3 is 0 Å². The van der Waals surface area contributed by atoms with Gasteiger partial charge in [-0.25, -0.2) is 0 Å². The van der Waals surface area contributed by atoms with Gasteiger partial charge in [-0.15, -0.1) is 11.3 Å². The Hall–Kier alpha value is -0.420. The molecule has 2 rings (SSSR count). The topological polar surface area (TPSA) is 24.5 Å². The number of nitrogens with one attached hydrogen (secondary N) is 1. The highest BCUT2D eigenvalue weighted by atomic mass is 32.1. The van der Waals surface area contributed by atoms with Gasteiger partial charge in [0.1, 0.15) is 0 Å². The first kappa shape index (κ1) is 16.0. The maximum absolute atomic E-state index is 5.46. The van der Waals surface area contributed by atoms with Crippen LogP contribution in [0.5, 0.6) is 0 Å². The summed E-state index contributed by atoms with van der Waals surface area (Å²) in [5, 5.41) is 5.76. The molecule has 1 aliphatic rings. The molecule has 114 valence electrons. The summed E-state index contributed by atoms with van der Waals surface area (Å²) in [7, 11) is 1.81. The third-order valence-corrected chi connectivity index (χ3v) is 4.56. The van der Waals surface area contributed by atoms with Gasteiger partial charge in [0.2, 0.25) is 0 Å². The molecule has 0 aromatic carbocycles. The second-order valence-electron chi connectivity index (χ2n) is 6.14.